The zero-order valence-corrected chi connectivity index (χ0v) is 27.2. The van der Waals surface area contributed by atoms with E-state index >= 15 is 0 Å². The highest BCUT2D eigenvalue weighted by Gasteiger charge is 2.28. The first-order valence-corrected chi connectivity index (χ1v) is 17.4. The molecule has 2 aromatic heterocycles. The SMILES string of the molecule is C1=CC(c2c3ccccc3c(-c3ccc4c(c3)oc3ccccc34)c3c(-c4ccccc4)c4ccccc4cc23)Cc2oc3ccccc3c21. The number of para-hydroxylation sites is 2. The predicted molar refractivity (Wildman–Crippen MR) is 209 cm³/mol. The fourth-order valence-corrected chi connectivity index (χ4v) is 8.65. The molecule has 1 aliphatic carbocycles. The average Bonchev–Trinajstić information content (AvgIpc) is 3.74. The van der Waals surface area contributed by atoms with Crippen LogP contribution in [-0.2, 0) is 6.42 Å². The highest BCUT2D eigenvalue weighted by molar-refractivity contribution is 6.25. The molecule has 0 spiro atoms. The molecule has 234 valence electrons. The summed E-state index contributed by atoms with van der Waals surface area (Å²) in [7, 11) is 0. The minimum Gasteiger partial charge on any atom is -0.460 e. The van der Waals surface area contributed by atoms with Crippen molar-refractivity contribution in [1.82, 2.24) is 0 Å². The van der Waals surface area contributed by atoms with E-state index in [2.05, 4.69) is 158 Å². The molecule has 11 rings (SSSR count). The van der Waals surface area contributed by atoms with Gasteiger partial charge in [0.05, 0.1) is 0 Å². The third-order valence-electron chi connectivity index (χ3n) is 10.8. The summed E-state index contributed by atoms with van der Waals surface area (Å²) < 4.78 is 13.0. The van der Waals surface area contributed by atoms with E-state index in [4.69, 9.17) is 8.83 Å². The van der Waals surface area contributed by atoms with Gasteiger partial charge in [0.1, 0.15) is 22.5 Å². The number of hydrogen-bond acceptors (Lipinski definition) is 2. The molecule has 0 amide bonds. The van der Waals surface area contributed by atoms with Crippen LogP contribution >= 0.6 is 0 Å². The van der Waals surface area contributed by atoms with Crippen LogP contribution in [0.5, 0.6) is 0 Å². The Bertz CT molecular complexity index is 3010. The van der Waals surface area contributed by atoms with E-state index < -0.39 is 0 Å². The average molecular weight is 639 g/mol. The largest absolute Gasteiger partial charge is 0.460 e. The number of allylic oxidation sites excluding steroid dienone is 1. The lowest BCUT2D eigenvalue weighted by molar-refractivity contribution is 0.534. The monoisotopic (exact) mass is 638 g/mol. The van der Waals surface area contributed by atoms with E-state index in [-0.39, 0.29) is 5.92 Å². The number of rotatable bonds is 3. The third kappa shape index (κ3) is 3.96. The summed E-state index contributed by atoms with van der Waals surface area (Å²) in [6, 6.07) is 54.7. The van der Waals surface area contributed by atoms with Gasteiger partial charge in [-0.15, -0.1) is 0 Å². The van der Waals surface area contributed by atoms with E-state index in [0.29, 0.717) is 0 Å². The van der Waals surface area contributed by atoms with Crippen molar-refractivity contribution in [3.8, 4) is 22.3 Å². The fourth-order valence-electron chi connectivity index (χ4n) is 8.65. The second-order valence-electron chi connectivity index (χ2n) is 13.5. The lowest BCUT2D eigenvalue weighted by atomic mass is 9.77. The van der Waals surface area contributed by atoms with Gasteiger partial charge in [0.25, 0.3) is 0 Å². The summed E-state index contributed by atoms with van der Waals surface area (Å²) in [6.45, 7) is 0. The van der Waals surface area contributed by atoms with Crippen LogP contribution in [0.1, 0.15) is 22.8 Å². The lowest BCUT2D eigenvalue weighted by Gasteiger charge is -2.26. The van der Waals surface area contributed by atoms with Crippen molar-refractivity contribution in [2.45, 2.75) is 12.3 Å². The van der Waals surface area contributed by atoms with Crippen molar-refractivity contribution >= 4 is 71.3 Å². The minimum atomic E-state index is 0.132. The second kappa shape index (κ2) is 10.6. The highest BCUT2D eigenvalue weighted by Crippen LogP contribution is 2.50. The van der Waals surface area contributed by atoms with Gasteiger partial charge >= 0.3 is 0 Å². The third-order valence-corrected chi connectivity index (χ3v) is 10.8. The first-order valence-electron chi connectivity index (χ1n) is 17.4. The standard InChI is InChI=1S/C48H30O2/c1-2-12-29(13-3-1)46-33-15-5-4-14-30(33)26-40-45(31-22-24-36-34-16-8-10-20-41(34)49-43(36)27-31)38-18-6-7-19-39(38)47(48(40)46)32-23-25-37-35-17-9-11-21-42(35)50-44(37)28-32/h1-26,28,31H,27H2. The molecule has 0 saturated heterocycles. The maximum absolute atomic E-state index is 6.53. The quantitative estimate of drug-likeness (QED) is 0.180. The van der Waals surface area contributed by atoms with Gasteiger partial charge in [0.2, 0.25) is 0 Å². The van der Waals surface area contributed by atoms with Crippen LogP contribution in [0.15, 0.2) is 167 Å². The van der Waals surface area contributed by atoms with Gasteiger partial charge in [-0.3, -0.25) is 0 Å². The summed E-state index contributed by atoms with van der Waals surface area (Å²) in [6.07, 6.45) is 5.50. The predicted octanol–water partition coefficient (Wildman–Crippen LogP) is 13.5. The van der Waals surface area contributed by atoms with Gasteiger partial charge in [-0.1, -0.05) is 133 Å². The maximum atomic E-state index is 6.53. The zero-order chi connectivity index (χ0) is 32.8. The molecule has 10 aromatic rings. The van der Waals surface area contributed by atoms with E-state index in [9.17, 15) is 0 Å². The Kier molecular flexibility index (Phi) is 5.82. The van der Waals surface area contributed by atoms with Crippen LogP contribution in [0.25, 0.3) is 93.6 Å². The van der Waals surface area contributed by atoms with Crippen LogP contribution in [0, 0.1) is 0 Å². The molecule has 0 bridgehead atoms. The molecular weight excluding hydrogens is 609 g/mol. The molecule has 0 fully saturated rings. The van der Waals surface area contributed by atoms with Gasteiger partial charge in [0.15, 0.2) is 0 Å². The lowest BCUT2D eigenvalue weighted by Crippen LogP contribution is -2.07. The van der Waals surface area contributed by atoms with Crippen molar-refractivity contribution in [1.29, 1.82) is 0 Å². The molecule has 1 aliphatic rings. The van der Waals surface area contributed by atoms with E-state index in [0.717, 1.165) is 45.3 Å². The maximum Gasteiger partial charge on any atom is 0.136 e. The molecule has 50 heavy (non-hydrogen) atoms. The Morgan fingerprint density at radius 2 is 1.08 bits per heavy atom. The van der Waals surface area contributed by atoms with Crippen LogP contribution in [-0.4, -0.2) is 0 Å². The van der Waals surface area contributed by atoms with Crippen LogP contribution < -0.4 is 0 Å². The number of furan rings is 2. The Morgan fingerprint density at radius 3 is 1.92 bits per heavy atom. The smallest absolute Gasteiger partial charge is 0.136 e. The Balaban J connectivity index is 1.29. The van der Waals surface area contributed by atoms with Crippen molar-refractivity contribution in [3.63, 3.8) is 0 Å². The summed E-state index contributed by atoms with van der Waals surface area (Å²) in [5.74, 6) is 1.19. The number of hydrogen-bond donors (Lipinski definition) is 0. The van der Waals surface area contributed by atoms with Gasteiger partial charge in [-0.05, 0) is 90.5 Å². The van der Waals surface area contributed by atoms with Crippen molar-refractivity contribution in [2.24, 2.45) is 0 Å². The normalized spacial score (nSPS) is 14.4. The van der Waals surface area contributed by atoms with E-state index in [1.54, 1.807) is 0 Å². The molecular formula is C48H30O2. The summed E-state index contributed by atoms with van der Waals surface area (Å²) in [4.78, 5) is 0. The van der Waals surface area contributed by atoms with Crippen LogP contribution in [0.3, 0.4) is 0 Å². The molecule has 0 N–H and O–H groups in total. The van der Waals surface area contributed by atoms with Crippen molar-refractivity contribution < 1.29 is 8.83 Å². The van der Waals surface area contributed by atoms with Gasteiger partial charge in [-0.25, -0.2) is 0 Å². The summed E-state index contributed by atoms with van der Waals surface area (Å²) >= 11 is 0. The Labute approximate surface area is 288 Å². The minimum absolute atomic E-state index is 0.132. The molecule has 2 heterocycles. The molecule has 1 atom stereocenters. The van der Waals surface area contributed by atoms with Gasteiger partial charge < -0.3 is 8.83 Å². The first-order chi connectivity index (χ1) is 24.8. The molecule has 0 aliphatic heterocycles. The van der Waals surface area contributed by atoms with Crippen molar-refractivity contribution in [2.75, 3.05) is 0 Å². The Hall–Kier alpha value is -6.38. The zero-order valence-electron chi connectivity index (χ0n) is 27.2. The summed E-state index contributed by atoms with van der Waals surface area (Å²) in [5.41, 5.74) is 10.2. The van der Waals surface area contributed by atoms with E-state index in [1.165, 1.54) is 65.5 Å². The number of fused-ring (bicyclic) bond motifs is 9. The molecule has 0 radical (unpaired) electrons. The van der Waals surface area contributed by atoms with E-state index in [1.807, 2.05) is 6.07 Å². The second-order valence-corrected chi connectivity index (χ2v) is 13.5. The molecule has 2 heteroatoms. The molecule has 2 nitrogen and oxygen atoms in total. The van der Waals surface area contributed by atoms with Gasteiger partial charge in [-0.2, -0.15) is 0 Å². The molecule has 1 unspecified atom stereocenters. The highest BCUT2D eigenvalue weighted by atomic mass is 16.3. The van der Waals surface area contributed by atoms with Crippen LogP contribution in [0.2, 0.25) is 0 Å². The Morgan fingerprint density at radius 1 is 0.440 bits per heavy atom. The molecule has 0 saturated carbocycles. The summed E-state index contributed by atoms with van der Waals surface area (Å²) in [5, 5.41) is 11.0. The van der Waals surface area contributed by atoms with Crippen molar-refractivity contribution in [3.05, 3.63) is 175 Å². The topological polar surface area (TPSA) is 26.3 Å². The fraction of sp³-hybridized carbons (Fsp3) is 0.0417. The number of benzene rings is 8. The van der Waals surface area contributed by atoms with Crippen LogP contribution in [0.4, 0.5) is 0 Å². The first kappa shape index (κ1) is 27.6. The molecule has 8 aromatic carbocycles. The van der Waals surface area contributed by atoms with Gasteiger partial charge in [0, 0.05) is 34.1 Å².